The van der Waals surface area contributed by atoms with Gasteiger partial charge in [0.15, 0.2) is 11.4 Å². The van der Waals surface area contributed by atoms with Crippen molar-refractivity contribution in [1.82, 2.24) is 10.2 Å². The number of anilines is 1. The Morgan fingerprint density at radius 1 is 1.12 bits per heavy atom. The minimum atomic E-state index is -2.65. The fraction of sp³-hybridized carbons (Fsp3) is 0.567. The Labute approximate surface area is 239 Å². The first-order valence-electron chi connectivity index (χ1n) is 14.1. The van der Waals surface area contributed by atoms with Crippen molar-refractivity contribution in [3.63, 3.8) is 0 Å². The molecular formula is C30H40N4O7. The predicted molar refractivity (Wildman–Crippen MR) is 152 cm³/mol. The van der Waals surface area contributed by atoms with Crippen LogP contribution in [0.15, 0.2) is 28.7 Å². The largest absolute Gasteiger partial charge is 0.510 e. The van der Waals surface area contributed by atoms with Gasteiger partial charge >= 0.3 is 0 Å². The molecule has 1 saturated carbocycles. The lowest BCUT2D eigenvalue weighted by Gasteiger charge is -2.50. The second kappa shape index (κ2) is 9.85. The van der Waals surface area contributed by atoms with E-state index < -0.39 is 58.0 Å². The number of hydrogen-bond donors (Lipinski definition) is 6. The van der Waals surface area contributed by atoms with Crippen molar-refractivity contribution in [1.29, 1.82) is 0 Å². The van der Waals surface area contributed by atoms with Gasteiger partial charge in [0.1, 0.15) is 22.8 Å². The zero-order valence-corrected chi connectivity index (χ0v) is 24.2. The zero-order chi connectivity index (χ0) is 30.2. The molecule has 222 valence electrons. The maximum atomic E-state index is 14.0. The van der Waals surface area contributed by atoms with Crippen LogP contribution in [0.4, 0.5) is 5.69 Å². The molecule has 0 unspecified atom stereocenters. The lowest BCUT2D eigenvalue weighted by molar-refractivity contribution is -0.148. The van der Waals surface area contributed by atoms with Gasteiger partial charge in [-0.3, -0.25) is 19.3 Å². The van der Waals surface area contributed by atoms with Crippen LogP contribution in [0.5, 0.6) is 5.75 Å². The molecule has 1 aromatic carbocycles. The van der Waals surface area contributed by atoms with Crippen LogP contribution in [-0.4, -0.2) is 88.2 Å². The number of allylic oxidation sites excluding steroid dienone is 1. The van der Waals surface area contributed by atoms with Gasteiger partial charge in [-0.15, -0.1) is 0 Å². The van der Waals surface area contributed by atoms with Crippen LogP contribution < -0.4 is 16.0 Å². The Balaban J connectivity index is 1.64. The van der Waals surface area contributed by atoms with E-state index in [1.807, 2.05) is 19.0 Å². The number of phenolic OH excluding ortho intramolecular Hbond substituents is 1. The molecule has 1 aromatic rings. The van der Waals surface area contributed by atoms with Gasteiger partial charge in [0, 0.05) is 43.4 Å². The van der Waals surface area contributed by atoms with Crippen LogP contribution in [0.2, 0.25) is 0 Å². The number of primary amides is 1. The summed E-state index contributed by atoms with van der Waals surface area (Å²) in [4.78, 5) is 43.1. The summed E-state index contributed by atoms with van der Waals surface area (Å²) >= 11 is 0. The van der Waals surface area contributed by atoms with Crippen LogP contribution in [0.25, 0.3) is 0 Å². The van der Waals surface area contributed by atoms with Gasteiger partial charge in [-0.2, -0.15) is 0 Å². The average Bonchev–Trinajstić information content (AvgIpc) is 3.30. The summed E-state index contributed by atoms with van der Waals surface area (Å²) < 4.78 is 0. The molecule has 1 amide bonds. The first-order valence-corrected chi connectivity index (χ1v) is 14.1. The standard InChI is InChI=1S/C30H40N4O7/c1-29(8-6-7-9-29)32-13-15-12-18(35)20-16(22(15)33(2)3)10-14-11-17-23(34(4)5)25(37)21(28(31)40)27(39)30(17,41)26(38)19(14)24(20)36/h12,14,17,23,32,35,37-38,41H,6-11,13H2,1-5H3,(H2,31,40)/t14-,17-,23-,30-/m0/s1. The van der Waals surface area contributed by atoms with Crippen molar-refractivity contribution in [2.45, 2.75) is 69.2 Å². The number of nitrogens with two attached hydrogens (primary N) is 1. The maximum Gasteiger partial charge on any atom is 0.255 e. The van der Waals surface area contributed by atoms with E-state index in [1.165, 1.54) is 0 Å². The average molecular weight is 569 g/mol. The number of carbonyl (C=O) groups is 3. The Kier molecular flexibility index (Phi) is 6.99. The number of carbonyl (C=O) groups excluding carboxylic acids is 3. The van der Waals surface area contributed by atoms with E-state index in [4.69, 9.17) is 5.73 Å². The van der Waals surface area contributed by atoms with Gasteiger partial charge < -0.3 is 36.4 Å². The number of phenols is 1. The predicted octanol–water partition coefficient (Wildman–Crippen LogP) is 1.61. The molecule has 1 fully saturated rings. The molecule has 0 spiro atoms. The fourth-order valence-corrected chi connectivity index (χ4v) is 7.71. The lowest BCUT2D eigenvalue weighted by atomic mass is 9.58. The number of amides is 1. The summed E-state index contributed by atoms with van der Waals surface area (Å²) in [6.45, 7) is 2.69. The molecule has 0 aliphatic heterocycles. The Morgan fingerprint density at radius 3 is 2.32 bits per heavy atom. The monoisotopic (exact) mass is 568 g/mol. The molecule has 0 aromatic heterocycles. The molecule has 4 aliphatic rings. The number of benzene rings is 1. The summed E-state index contributed by atoms with van der Waals surface area (Å²) in [6.07, 6.45) is 4.74. The van der Waals surface area contributed by atoms with Crippen LogP contribution in [0.1, 0.15) is 60.5 Å². The highest BCUT2D eigenvalue weighted by atomic mass is 16.3. The minimum Gasteiger partial charge on any atom is -0.510 e. The zero-order valence-electron chi connectivity index (χ0n) is 24.2. The highest BCUT2D eigenvalue weighted by Crippen LogP contribution is 2.53. The van der Waals surface area contributed by atoms with Crippen LogP contribution in [0.3, 0.4) is 0 Å². The van der Waals surface area contributed by atoms with Crippen molar-refractivity contribution in [2.75, 3.05) is 33.1 Å². The number of nitrogens with one attached hydrogen (secondary N) is 1. The molecule has 0 bridgehead atoms. The van der Waals surface area contributed by atoms with Crippen molar-refractivity contribution in [3.8, 4) is 5.75 Å². The molecule has 0 radical (unpaired) electrons. The van der Waals surface area contributed by atoms with Crippen LogP contribution in [0, 0.1) is 11.8 Å². The first kappa shape index (κ1) is 29.1. The molecule has 4 atom stereocenters. The van der Waals surface area contributed by atoms with Gasteiger partial charge in [0.05, 0.1) is 11.6 Å². The van der Waals surface area contributed by atoms with E-state index in [0.29, 0.717) is 12.1 Å². The fourth-order valence-electron chi connectivity index (χ4n) is 7.71. The van der Waals surface area contributed by atoms with Crippen molar-refractivity contribution < 1.29 is 34.8 Å². The number of aromatic hydroxyl groups is 1. The first-order chi connectivity index (χ1) is 19.1. The Bertz CT molecular complexity index is 1410. The highest BCUT2D eigenvalue weighted by molar-refractivity contribution is 6.24. The third-order valence-electron chi connectivity index (χ3n) is 9.63. The van der Waals surface area contributed by atoms with Crippen molar-refractivity contribution >= 4 is 23.2 Å². The van der Waals surface area contributed by atoms with Gasteiger partial charge in [0.25, 0.3) is 5.91 Å². The molecule has 11 heteroatoms. The SMILES string of the molecule is CN(C)c1c(CNC2(C)CCCC2)cc(O)c2c1C[C@H]1C[C@H]3[C@H](N(C)C)C(O)=C(C(N)=O)C(=O)[C@@]3(O)C(O)=C1C2=O. The molecule has 41 heavy (non-hydrogen) atoms. The summed E-state index contributed by atoms with van der Waals surface area (Å²) in [7, 11) is 6.96. The third-order valence-corrected chi connectivity index (χ3v) is 9.63. The van der Waals surface area contributed by atoms with E-state index in [0.717, 1.165) is 36.9 Å². The molecule has 11 nitrogen and oxygen atoms in total. The van der Waals surface area contributed by atoms with E-state index >= 15 is 0 Å². The molecule has 0 saturated heterocycles. The summed E-state index contributed by atoms with van der Waals surface area (Å²) in [6, 6.07) is 0.542. The van der Waals surface area contributed by atoms with Gasteiger partial charge in [-0.25, -0.2) is 0 Å². The number of aliphatic hydroxyl groups is 3. The molecule has 5 rings (SSSR count). The normalized spacial score (nSPS) is 29.0. The van der Waals surface area contributed by atoms with Crippen molar-refractivity contribution in [2.24, 2.45) is 17.6 Å². The van der Waals surface area contributed by atoms with Crippen LogP contribution in [-0.2, 0) is 22.6 Å². The number of aliphatic hydroxyl groups excluding tert-OH is 2. The Hall–Kier alpha value is -3.41. The van der Waals surface area contributed by atoms with Gasteiger partial charge in [-0.05, 0) is 69.8 Å². The molecular weight excluding hydrogens is 528 g/mol. The molecule has 0 heterocycles. The quantitative estimate of drug-likeness (QED) is 0.276. The number of nitrogens with zero attached hydrogens (tertiary/aromatic N) is 2. The molecule has 7 N–H and O–H groups in total. The Morgan fingerprint density at radius 2 is 1.76 bits per heavy atom. The number of fused-ring (bicyclic) bond motifs is 3. The summed E-state index contributed by atoms with van der Waals surface area (Å²) in [5, 5.41) is 49.0. The third kappa shape index (κ3) is 4.24. The van der Waals surface area contributed by atoms with E-state index in [-0.39, 0.29) is 35.3 Å². The number of hydrogen-bond acceptors (Lipinski definition) is 10. The summed E-state index contributed by atoms with van der Waals surface area (Å²) in [5.74, 6) is -6.53. The smallest absolute Gasteiger partial charge is 0.255 e. The van der Waals surface area contributed by atoms with E-state index in [1.54, 1.807) is 25.1 Å². The number of rotatable bonds is 6. The summed E-state index contributed by atoms with van der Waals surface area (Å²) in [5.41, 5.74) is 4.04. The number of likely N-dealkylation sites (N-methyl/N-ethyl adjacent to an activating group) is 1. The van der Waals surface area contributed by atoms with E-state index in [9.17, 15) is 34.8 Å². The number of ketones is 2. The lowest BCUT2D eigenvalue weighted by Crippen LogP contribution is -2.63. The second-order valence-corrected chi connectivity index (χ2v) is 12.7. The topological polar surface area (TPSA) is 177 Å². The minimum absolute atomic E-state index is 0.00551. The number of Topliss-reactive ketones (excluding diaryl/α,β-unsaturated/α-hetero) is 2. The van der Waals surface area contributed by atoms with Crippen LogP contribution >= 0.6 is 0 Å². The van der Waals surface area contributed by atoms with Gasteiger partial charge in [-0.1, -0.05) is 12.8 Å². The second-order valence-electron chi connectivity index (χ2n) is 12.7. The molecule has 4 aliphatic carbocycles. The maximum absolute atomic E-state index is 14.0. The highest BCUT2D eigenvalue weighted by Gasteiger charge is 2.63. The van der Waals surface area contributed by atoms with E-state index in [2.05, 4.69) is 12.2 Å². The van der Waals surface area contributed by atoms with Gasteiger partial charge in [0.2, 0.25) is 5.78 Å². The van der Waals surface area contributed by atoms with Crippen molar-refractivity contribution in [3.05, 3.63) is 45.4 Å².